The summed E-state index contributed by atoms with van der Waals surface area (Å²) in [6.45, 7) is 0. The summed E-state index contributed by atoms with van der Waals surface area (Å²) in [5.41, 5.74) is -1.01. The zero-order valence-corrected chi connectivity index (χ0v) is 8.47. The second-order valence-corrected chi connectivity index (χ2v) is 3.15. The van der Waals surface area contributed by atoms with E-state index in [9.17, 15) is 18.9 Å². The number of nitrogens with zero attached hydrogens (tertiary/aromatic N) is 1. The molecule has 0 aliphatic carbocycles. The standard InChI is InChI=1S/C7H4BrF2NO3/c1-14-7-4(9)2-3(8)5(10)6(7)11(12)13/h2H,1H3. The van der Waals surface area contributed by atoms with E-state index in [0.717, 1.165) is 13.2 Å². The van der Waals surface area contributed by atoms with Crippen LogP contribution in [0.1, 0.15) is 0 Å². The molecule has 0 N–H and O–H groups in total. The highest BCUT2D eigenvalue weighted by atomic mass is 79.9. The van der Waals surface area contributed by atoms with Crippen molar-refractivity contribution in [3.63, 3.8) is 0 Å². The third-order valence-corrected chi connectivity index (χ3v) is 2.07. The number of benzene rings is 1. The molecule has 0 fully saturated rings. The monoisotopic (exact) mass is 267 g/mol. The molecule has 4 nitrogen and oxygen atoms in total. The first-order valence-corrected chi connectivity index (χ1v) is 4.14. The third kappa shape index (κ3) is 1.67. The van der Waals surface area contributed by atoms with Crippen LogP contribution in [0.15, 0.2) is 10.5 Å². The van der Waals surface area contributed by atoms with E-state index in [1.165, 1.54) is 0 Å². The maximum atomic E-state index is 13.1. The van der Waals surface area contributed by atoms with Gasteiger partial charge in [-0.1, -0.05) is 0 Å². The third-order valence-electron chi connectivity index (χ3n) is 1.49. The molecule has 0 saturated carbocycles. The molecule has 7 heteroatoms. The summed E-state index contributed by atoms with van der Waals surface area (Å²) in [5.74, 6) is -2.86. The van der Waals surface area contributed by atoms with Gasteiger partial charge < -0.3 is 4.74 Å². The number of hydrogen-bond acceptors (Lipinski definition) is 3. The van der Waals surface area contributed by atoms with Gasteiger partial charge in [-0.2, -0.15) is 4.39 Å². The fraction of sp³-hybridized carbons (Fsp3) is 0.143. The molecular formula is C7H4BrF2NO3. The molecule has 76 valence electrons. The predicted molar refractivity (Wildman–Crippen MR) is 47.3 cm³/mol. The summed E-state index contributed by atoms with van der Waals surface area (Å²) < 4.78 is 30.2. The van der Waals surface area contributed by atoms with Crippen LogP contribution in [0.5, 0.6) is 5.75 Å². The van der Waals surface area contributed by atoms with Gasteiger partial charge in [-0.3, -0.25) is 10.1 Å². The first-order chi connectivity index (χ1) is 6.49. The van der Waals surface area contributed by atoms with E-state index in [1.807, 2.05) is 0 Å². The van der Waals surface area contributed by atoms with E-state index in [4.69, 9.17) is 0 Å². The maximum absolute atomic E-state index is 13.1. The molecule has 0 radical (unpaired) electrons. The van der Waals surface area contributed by atoms with Gasteiger partial charge in [0.15, 0.2) is 5.82 Å². The summed E-state index contributed by atoms with van der Waals surface area (Å²) in [7, 11) is 1.03. The van der Waals surface area contributed by atoms with Crippen LogP contribution in [0.25, 0.3) is 0 Å². The number of nitro benzene ring substituents is 1. The van der Waals surface area contributed by atoms with Crippen molar-refractivity contribution >= 4 is 21.6 Å². The van der Waals surface area contributed by atoms with Crippen LogP contribution in [0.3, 0.4) is 0 Å². The molecule has 1 aromatic rings. The molecule has 0 aliphatic rings. The van der Waals surface area contributed by atoms with Crippen molar-refractivity contribution in [2.45, 2.75) is 0 Å². The second kappa shape index (κ2) is 3.87. The summed E-state index contributed by atoms with van der Waals surface area (Å²) in [5, 5.41) is 10.4. The SMILES string of the molecule is COc1c(F)cc(Br)c(F)c1[N+](=O)[O-]. The van der Waals surface area contributed by atoms with Crippen LogP contribution in [0, 0.1) is 21.7 Å². The van der Waals surface area contributed by atoms with E-state index in [2.05, 4.69) is 20.7 Å². The number of rotatable bonds is 2. The summed E-state index contributed by atoms with van der Waals surface area (Å²) >= 11 is 2.65. The Labute approximate surface area is 85.8 Å². The molecule has 0 spiro atoms. The Morgan fingerprint density at radius 2 is 2.14 bits per heavy atom. The molecule has 1 rings (SSSR count). The number of ether oxygens (including phenoxy) is 1. The lowest BCUT2D eigenvalue weighted by Gasteiger charge is -2.04. The van der Waals surface area contributed by atoms with E-state index in [1.54, 1.807) is 0 Å². The average molecular weight is 268 g/mol. The molecule has 0 heterocycles. The van der Waals surface area contributed by atoms with Crippen LogP contribution in [-0.2, 0) is 0 Å². The van der Waals surface area contributed by atoms with E-state index in [0.29, 0.717) is 0 Å². The fourth-order valence-corrected chi connectivity index (χ4v) is 1.31. The molecular weight excluding hydrogens is 264 g/mol. The Balaban J connectivity index is 3.56. The first kappa shape index (κ1) is 10.8. The zero-order valence-electron chi connectivity index (χ0n) is 6.88. The number of halogens is 3. The van der Waals surface area contributed by atoms with E-state index < -0.39 is 28.0 Å². The van der Waals surface area contributed by atoms with Crippen molar-refractivity contribution in [2.24, 2.45) is 0 Å². The van der Waals surface area contributed by atoms with E-state index in [-0.39, 0.29) is 4.47 Å². The van der Waals surface area contributed by atoms with Crippen LogP contribution < -0.4 is 4.74 Å². The molecule has 0 unspecified atom stereocenters. The lowest BCUT2D eigenvalue weighted by Crippen LogP contribution is -2.00. The molecule has 0 amide bonds. The summed E-state index contributed by atoms with van der Waals surface area (Å²) in [6.07, 6.45) is 0. The van der Waals surface area contributed by atoms with Crippen molar-refractivity contribution in [1.82, 2.24) is 0 Å². The predicted octanol–water partition coefficient (Wildman–Crippen LogP) is 2.64. The second-order valence-electron chi connectivity index (χ2n) is 2.29. The largest absolute Gasteiger partial charge is 0.488 e. The molecule has 0 aromatic heterocycles. The number of methoxy groups -OCH3 is 1. The minimum atomic E-state index is -1.16. The van der Waals surface area contributed by atoms with Gasteiger partial charge in [0.05, 0.1) is 16.5 Å². The normalized spacial score (nSPS) is 10.0. The number of nitro groups is 1. The van der Waals surface area contributed by atoms with Gasteiger partial charge in [-0.05, 0) is 22.0 Å². The summed E-state index contributed by atoms with van der Waals surface area (Å²) in [6, 6.07) is 0.765. The van der Waals surface area contributed by atoms with E-state index >= 15 is 0 Å². The quantitative estimate of drug-likeness (QED) is 0.470. The van der Waals surface area contributed by atoms with Crippen molar-refractivity contribution in [2.75, 3.05) is 7.11 Å². The van der Waals surface area contributed by atoms with Gasteiger partial charge in [0.25, 0.3) is 0 Å². The minimum Gasteiger partial charge on any atom is -0.488 e. The van der Waals surface area contributed by atoms with Gasteiger partial charge in [0.2, 0.25) is 11.6 Å². The minimum absolute atomic E-state index is 0.317. The lowest BCUT2D eigenvalue weighted by molar-refractivity contribution is -0.388. The highest BCUT2D eigenvalue weighted by Crippen LogP contribution is 2.36. The van der Waals surface area contributed by atoms with Crippen molar-refractivity contribution < 1.29 is 18.4 Å². The average Bonchev–Trinajstić information content (AvgIpc) is 2.10. The fourth-order valence-electron chi connectivity index (χ4n) is 0.923. The lowest BCUT2D eigenvalue weighted by atomic mass is 10.2. The molecule has 0 bridgehead atoms. The molecule has 0 atom stereocenters. The molecule has 1 aromatic carbocycles. The Hall–Kier alpha value is -1.24. The Morgan fingerprint density at radius 3 is 2.57 bits per heavy atom. The van der Waals surface area contributed by atoms with Crippen molar-refractivity contribution in [1.29, 1.82) is 0 Å². The Bertz CT molecular complexity index is 397. The molecule has 14 heavy (non-hydrogen) atoms. The highest BCUT2D eigenvalue weighted by Gasteiger charge is 2.27. The topological polar surface area (TPSA) is 52.4 Å². The van der Waals surface area contributed by atoms with Crippen molar-refractivity contribution in [3.05, 3.63) is 32.3 Å². The zero-order chi connectivity index (χ0) is 10.9. The van der Waals surface area contributed by atoms with Crippen molar-refractivity contribution in [3.8, 4) is 5.75 Å². The van der Waals surface area contributed by atoms with Crippen LogP contribution >= 0.6 is 15.9 Å². The number of hydrogen-bond donors (Lipinski definition) is 0. The summed E-state index contributed by atoms with van der Waals surface area (Å²) in [4.78, 5) is 9.36. The highest BCUT2D eigenvalue weighted by molar-refractivity contribution is 9.10. The van der Waals surface area contributed by atoms with Crippen LogP contribution in [0.4, 0.5) is 14.5 Å². The Morgan fingerprint density at radius 1 is 1.57 bits per heavy atom. The smallest absolute Gasteiger partial charge is 0.350 e. The molecule has 0 aliphatic heterocycles. The van der Waals surface area contributed by atoms with Gasteiger partial charge in [-0.25, -0.2) is 4.39 Å². The van der Waals surface area contributed by atoms with Crippen LogP contribution in [-0.4, -0.2) is 12.0 Å². The van der Waals surface area contributed by atoms with Gasteiger partial charge >= 0.3 is 5.69 Å². The maximum Gasteiger partial charge on any atom is 0.350 e. The first-order valence-electron chi connectivity index (χ1n) is 3.35. The van der Waals surface area contributed by atoms with Crippen LogP contribution in [0.2, 0.25) is 0 Å². The molecule has 0 saturated heterocycles. The Kier molecular flexibility index (Phi) is 3.00. The van der Waals surface area contributed by atoms with Gasteiger partial charge in [0.1, 0.15) is 0 Å². The van der Waals surface area contributed by atoms with Gasteiger partial charge in [0, 0.05) is 0 Å². The van der Waals surface area contributed by atoms with Gasteiger partial charge in [-0.15, -0.1) is 0 Å².